The number of methoxy groups -OCH3 is 1. The summed E-state index contributed by atoms with van der Waals surface area (Å²) in [6, 6.07) is 4.42. The molecular weight excluding hydrogens is 255 g/mol. The summed E-state index contributed by atoms with van der Waals surface area (Å²) in [5.41, 5.74) is -0.399. The fourth-order valence-electron chi connectivity index (χ4n) is 3.70. The molecule has 20 heavy (non-hydrogen) atoms. The van der Waals surface area contributed by atoms with E-state index in [4.69, 9.17) is 4.74 Å². The molecule has 0 amide bonds. The molecule has 1 aliphatic carbocycles. The predicted octanol–water partition coefficient (Wildman–Crippen LogP) is 4.11. The zero-order chi connectivity index (χ0) is 14.9. The standard InChI is InChI=1S/C17H25FO2/c1-11(2)14-7-5-12(3)10-17(14,19)15-9-13(18)6-8-16(15)20-4/h6,8-9,11-12,14,19H,5,7,10H2,1-4H3. The van der Waals surface area contributed by atoms with Crippen LogP contribution in [-0.2, 0) is 5.60 Å². The van der Waals surface area contributed by atoms with Gasteiger partial charge >= 0.3 is 0 Å². The highest BCUT2D eigenvalue weighted by Crippen LogP contribution is 2.49. The van der Waals surface area contributed by atoms with E-state index in [0.29, 0.717) is 29.6 Å². The average molecular weight is 280 g/mol. The first-order chi connectivity index (χ1) is 9.38. The van der Waals surface area contributed by atoms with Crippen molar-refractivity contribution in [2.75, 3.05) is 7.11 Å². The maximum absolute atomic E-state index is 13.7. The molecule has 1 saturated carbocycles. The first-order valence-corrected chi connectivity index (χ1v) is 7.45. The molecule has 0 aliphatic heterocycles. The van der Waals surface area contributed by atoms with E-state index in [2.05, 4.69) is 20.8 Å². The zero-order valence-corrected chi connectivity index (χ0v) is 12.8. The molecule has 3 heteroatoms. The summed E-state index contributed by atoms with van der Waals surface area (Å²) >= 11 is 0. The van der Waals surface area contributed by atoms with Crippen LogP contribution in [0.4, 0.5) is 4.39 Å². The molecule has 0 radical (unpaired) electrons. The minimum Gasteiger partial charge on any atom is -0.496 e. The summed E-state index contributed by atoms with van der Waals surface area (Å²) in [4.78, 5) is 0. The molecule has 0 heterocycles. The second-order valence-corrected chi connectivity index (χ2v) is 6.51. The summed E-state index contributed by atoms with van der Waals surface area (Å²) in [6.07, 6.45) is 2.74. The molecule has 2 rings (SSSR count). The summed E-state index contributed by atoms with van der Waals surface area (Å²) < 4.78 is 19.0. The molecule has 3 atom stereocenters. The smallest absolute Gasteiger partial charge is 0.125 e. The van der Waals surface area contributed by atoms with Gasteiger partial charge in [0.05, 0.1) is 12.7 Å². The molecule has 112 valence electrons. The molecule has 1 aromatic rings. The van der Waals surface area contributed by atoms with Crippen LogP contribution in [-0.4, -0.2) is 12.2 Å². The third kappa shape index (κ3) is 2.69. The van der Waals surface area contributed by atoms with Gasteiger partial charge in [-0.2, -0.15) is 0 Å². The van der Waals surface area contributed by atoms with Crippen LogP contribution in [0.1, 0.15) is 45.6 Å². The van der Waals surface area contributed by atoms with Gasteiger partial charge in [-0.05, 0) is 48.8 Å². The fourth-order valence-corrected chi connectivity index (χ4v) is 3.70. The second kappa shape index (κ2) is 5.72. The van der Waals surface area contributed by atoms with Gasteiger partial charge in [-0.25, -0.2) is 4.39 Å². The van der Waals surface area contributed by atoms with E-state index in [-0.39, 0.29) is 11.7 Å². The number of ether oxygens (including phenoxy) is 1. The summed E-state index contributed by atoms with van der Waals surface area (Å²) in [6.45, 7) is 6.39. The molecule has 1 fully saturated rings. The quantitative estimate of drug-likeness (QED) is 0.902. The Morgan fingerprint density at radius 2 is 2.05 bits per heavy atom. The van der Waals surface area contributed by atoms with Gasteiger partial charge in [0.15, 0.2) is 0 Å². The van der Waals surface area contributed by atoms with Crippen LogP contribution < -0.4 is 4.74 Å². The lowest BCUT2D eigenvalue weighted by atomic mass is 9.64. The van der Waals surface area contributed by atoms with E-state index >= 15 is 0 Å². The van der Waals surface area contributed by atoms with E-state index in [1.54, 1.807) is 13.2 Å². The van der Waals surface area contributed by atoms with Crippen molar-refractivity contribution in [3.63, 3.8) is 0 Å². The number of aliphatic hydroxyl groups is 1. The van der Waals surface area contributed by atoms with E-state index in [1.807, 2.05) is 0 Å². The Morgan fingerprint density at radius 1 is 1.35 bits per heavy atom. The van der Waals surface area contributed by atoms with Gasteiger partial charge in [0, 0.05) is 5.56 Å². The first kappa shape index (κ1) is 15.3. The number of hydrogen-bond acceptors (Lipinski definition) is 2. The van der Waals surface area contributed by atoms with Crippen molar-refractivity contribution in [2.24, 2.45) is 17.8 Å². The van der Waals surface area contributed by atoms with Gasteiger partial charge < -0.3 is 9.84 Å². The molecule has 1 N–H and O–H groups in total. The van der Waals surface area contributed by atoms with E-state index in [1.165, 1.54) is 12.1 Å². The second-order valence-electron chi connectivity index (χ2n) is 6.51. The Bertz CT molecular complexity index is 472. The largest absolute Gasteiger partial charge is 0.496 e. The maximum Gasteiger partial charge on any atom is 0.125 e. The first-order valence-electron chi connectivity index (χ1n) is 7.45. The molecule has 2 nitrogen and oxygen atoms in total. The van der Waals surface area contributed by atoms with Crippen molar-refractivity contribution in [2.45, 2.75) is 45.6 Å². The summed E-state index contributed by atoms with van der Waals surface area (Å²) in [5.74, 6) is 1.17. The van der Waals surface area contributed by atoms with Gasteiger partial charge in [0.1, 0.15) is 11.6 Å². The Kier molecular flexibility index (Phi) is 4.38. The van der Waals surface area contributed by atoms with Crippen LogP contribution in [0.25, 0.3) is 0 Å². The lowest BCUT2D eigenvalue weighted by molar-refractivity contribution is -0.0879. The minimum atomic E-state index is -1.00. The lowest BCUT2D eigenvalue weighted by Gasteiger charge is -2.45. The van der Waals surface area contributed by atoms with E-state index in [9.17, 15) is 9.50 Å². The minimum absolute atomic E-state index is 0.134. The van der Waals surface area contributed by atoms with Crippen LogP contribution in [0.5, 0.6) is 5.75 Å². The number of rotatable bonds is 3. The van der Waals surface area contributed by atoms with Crippen LogP contribution in [0.3, 0.4) is 0 Å². The van der Waals surface area contributed by atoms with Crippen LogP contribution in [0.2, 0.25) is 0 Å². The van der Waals surface area contributed by atoms with Crippen LogP contribution >= 0.6 is 0 Å². The van der Waals surface area contributed by atoms with Gasteiger partial charge in [-0.3, -0.25) is 0 Å². The lowest BCUT2D eigenvalue weighted by Crippen LogP contribution is -2.43. The van der Waals surface area contributed by atoms with Crippen LogP contribution in [0, 0.1) is 23.6 Å². The van der Waals surface area contributed by atoms with Crippen molar-refractivity contribution in [3.05, 3.63) is 29.6 Å². The SMILES string of the molecule is COc1ccc(F)cc1C1(O)CC(C)CCC1C(C)C. The topological polar surface area (TPSA) is 29.5 Å². The van der Waals surface area contributed by atoms with Crippen molar-refractivity contribution < 1.29 is 14.2 Å². The van der Waals surface area contributed by atoms with Crippen molar-refractivity contribution in [1.29, 1.82) is 0 Å². The van der Waals surface area contributed by atoms with Gasteiger partial charge in [0.25, 0.3) is 0 Å². The number of benzene rings is 1. The normalized spacial score (nSPS) is 30.6. The van der Waals surface area contributed by atoms with Crippen molar-refractivity contribution in [1.82, 2.24) is 0 Å². The third-order valence-electron chi connectivity index (χ3n) is 4.68. The predicted molar refractivity (Wildman–Crippen MR) is 78.2 cm³/mol. The molecule has 0 spiro atoms. The highest BCUT2D eigenvalue weighted by atomic mass is 19.1. The molecule has 1 aliphatic rings. The van der Waals surface area contributed by atoms with Gasteiger partial charge in [0.2, 0.25) is 0 Å². The molecule has 0 aromatic heterocycles. The molecular formula is C17H25FO2. The Balaban J connectivity index is 2.52. The molecule has 3 unspecified atom stereocenters. The monoisotopic (exact) mass is 280 g/mol. The van der Waals surface area contributed by atoms with Crippen LogP contribution in [0.15, 0.2) is 18.2 Å². The van der Waals surface area contributed by atoms with Crippen molar-refractivity contribution in [3.8, 4) is 5.75 Å². The Hall–Kier alpha value is -1.09. The highest BCUT2D eigenvalue weighted by molar-refractivity contribution is 5.39. The number of hydrogen-bond donors (Lipinski definition) is 1. The van der Waals surface area contributed by atoms with E-state index < -0.39 is 5.60 Å². The average Bonchev–Trinajstić information content (AvgIpc) is 2.38. The maximum atomic E-state index is 13.7. The molecule has 0 saturated heterocycles. The third-order valence-corrected chi connectivity index (χ3v) is 4.68. The summed E-state index contributed by atoms with van der Waals surface area (Å²) in [5, 5.41) is 11.3. The van der Waals surface area contributed by atoms with E-state index in [0.717, 1.165) is 12.8 Å². The number of halogens is 1. The highest BCUT2D eigenvalue weighted by Gasteiger charge is 2.45. The molecule has 0 bridgehead atoms. The zero-order valence-electron chi connectivity index (χ0n) is 12.8. The molecule has 1 aromatic carbocycles. The fraction of sp³-hybridized carbons (Fsp3) is 0.647. The van der Waals surface area contributed by atoms with Crippen molar-refractivity contribution >= 4 is 0 Å². The summed E-state index contributed by atoms with van der Waals surface area (Å²) in [7, 11) is 1.57. The Labute approximate surface area is 121 Å². The van der Waals surface area contributed by atoms with Gasteiger partial charge in [-0.15, -0.1) is 0 Å². The Morgan fingerprint density at radius 3 is 2.65 bits per heavy atom. The van der Waals surface area contributed by atoms with Gasteiger partial charge in [-0.1, -0.05) is 27.2 Å².